The van der Waals surface area contributed by atoms with Crippen LogP contribution in [0.3, 0.4) is 0 Å². The van der Waals surface area contributed by atoms with Crippen LogP contribution in [0.25, 0.3) is 17.2 Å². The van der Waals surface area contributed by atoms with Gasteiger partial charge in [0.1, 0.15) is 34.2 Å². The second-order valence-corrected chi connectivity index (χ2v) is 10.1. The van der Waals surface area contributed by atoms with E-state index in [9.17, 15) is 13.5 Å². The largest absolute Gasteiger partial charge is 0.494 e. The first-order valence-electron chi connectivity index (χ1n) is 11.1. The second-order valence-electron chi connectivity index (χ2n) is 8.02. The number of nitrogens with zero attached hydrogens (tertiary/aromatic N) is 6. The predicted molar refractivity (Wildman–Crippen MR) is 134 cm³/mol. The smallest absolute Gasteiger partial charge is 0.243 e. The van der Waals surface area contributed by atoms with Crippen molar-refractivity contribution < 1.29 is 27.7 Å². The Morgan fingerprint density at radius 1 is 1.00 bits per heavy atom. The fraction of sp³-hybridized carbons (Fsp3) is 0.304. The van der Waals surface area contributed by atoms with Gasteiger partial charge in [0.25, 0.3) is 0 Å². The van der Waals surface area contributed by atoms with Crippen molar-refractivity contribution in [3.8, 4) is 34.6 Å². The van der Waals surface area contributed by atoms with Crippen molar-refractivity contribution in [3.63, 3.8) is 0 Å². The molecule has 0 aliphatic rings. The highest BCUT2D eigenvalue weighted by atomic mass is 32.2. The fourth-order valence-electron chi connectivity index (χ4n) is 3.65. The SMILES string of the molecule is COc1cccc(-c2nnc(NS(=O)(=O)C(C)C(O)c3cn(C)cn3)n2-c2c(OC)cccc2OC)n1. The lowest BCUT2D eigenvalue weighted by Crippen LogP contribution is -2.32. The third kappa shape index (κ3) is 5.06. The number of aliphatic hydroxyl groups excluding tert-OH is 1. The van der Waals surface area contributed by atoms with E-state index in [1.165, 1.54) is 39.1 Å². The summed E-state index contributed by atoms with van der Waals surface area (Å²) in [5.41, 5.74) is 0.911. The molecule has 0 saturated carbocycles. The number of ether oxygens (including phenoxy) is 3. The number of hydrogen-bond donors (Lipinski definition) is 2. The Balaban J connectivity index is 1.85. The Labute approximate surface area is 213 Å². The quantitative estimate of drug-likeness (QED) is 0.311. The lowest BCUT2D eigenvalue weighted by molar-refractivity contribution is 0.172. The fourth-order valence-corrected chi connectivity index (χ4v) is 4.70. The van der Waals surface area contributed by atoms with Gasteiger partial charge in [-0.3, -0.25) is 9.29 Å². The molecule has 13 nitrogen and oxygen atoms in total. The second kappa shape index (κ2) is 10.4. The molecule has 2 unspecified atom stereocenters. The number of anilines is 1. The average molecular weight is 530 g/mol. The molecule has 14 heteroatoms. The van der Waals surface area contributed by atoms with Gasteiger partial charge < -0.3 is 23.9 Å². The van der Waals surface area contributed by atoms with Crippen LogP contribution in [0.1, 0.15) is 18.7 Å². The lowest BCUT2D eigenvalue weighted by atomic mass is 10.2. The number of methoxy groups -OCH3 is 3. The van der Waals surface area contributed by atoms with Crippen molar-refractivity contribution in [2.75, 3.05) is 26.1 Å². The van der Waals surface area contributed by atoms with Crippen molar-refractivity contribution in [1.29, 1.82) is 0 Å². The molecule has 3 aromatic heterocycles. The first-order chi connectivity index (χ1) is 17.7. The molecule has 0 aliphatic carbocycles. The summed E-state index contributed by atoms with van der Waals surface area (Å²) in [6.45, 7) is 1.37. The number of aliphatic hydroxyl groups is 1. The van der Waals surface area contributed by atoms with E-state index in [0.717, 1.165) is 0 Å². The molecule has 2 atom stereocenters. The van der Waals surface area contributed by atoms with Crippen molar-refractivity contribution in [3.05, 3.63) is 54.6 Å². The molecule has 196 valence electrons. The van der Waals surface area contributed by atoms with Crippen LogP contribution >= 0.6 is 0 Å². The van der Waals surface area contributed by atoms with Crippen LogP contribution in [0.5, 0.6) is 17.4 Å². The van der Waals surface area contributed by atoms with E-state index in [4.69, 9.17) is 14.2 Å². The minimum absolute atomic E-state index is 0.164. The molecule has 2 N–H and O–H groups in total. The molecule has 1 aromatic carbocycles. The zero-order chi connectivity index (χ0) is 26.7. The number of sulfonamides is 1. The topological polar surface area (TPSA) is 156 Å². The molecule has 4 aromatic rings. The third-order valence-electron chi connectivity index (χ3n) is 5.65. The van der Waals surface area contributed by atoms with Gasteiger partial charge in [-0.15, -0.1) is 10.2 Å². The molecule has 37 heavy (non-hydrogen) atoms. The summed E-state index contributed by atoms with van der Waals surface area (Å²) in [6, 6.07) is 10.2. The number of para-hydroxylation sites is 1. The van der Waals surface area contributed by atoms with E-state index in [-0.39, 0.29) is 17.5 Å². The van der Waals surface area contributed by atoms with Crippen LogP contribution in [-0.2, 0) is 17.1 Å². The molecule has 0 fully saturated rings. The summed E-state index contributed by atoms with van der Waals surface area (Å²) in [7, 11) is 1.95. The molecule has 0 radical (unpaired) electrons. The van der Waals surface area contributed by atoms with Gasteiger partial charge in [-0.1, -0.05) is 12.1 Å². The first kappa shape index (κ1) is 25.9. The van der Waals surface area contributed by atoms with Gasteiger partial charge in [-0.25, -0.2) is 18.4 Å². The van der Waals surface area contributed by atoms with Crippen molar-refractivity contribution >= 4 is 16.0 Å². The normalized spacial score (nSPS) is 13.1. The van der Waals surface area contributed by atoms with E-state index in [2.05, 4.69) is 24.9 Å². The number of rotatable bonds is 10. The minimum Gasteiger partial charge on any atom is -0.494 e. The van der Waals surface area contributed by atoms with Crippen molar-refractivity contribution in [1.82, 2.24) is 29.3 Å². The molecule has 3 heterocycles. The molecule has 0 aliphatic heterocycles. The van der Waals surface area contributed by atoms with E-state index in [0.29, 0.717) is 28.8 Å². The maximum atomic E-state index is 13.4. The van der Waals surface area contributed by atoms with Crippen molar-refractivity contribution in [2.45, 2.75) is 18.3 Å². The minimum atomic E-state index is -4.20. The molecule has 0 amide bonds. The zero-order valence-corrected chi connectivity index (χ0v) is 21.7. The Morgan fingerprint density at radius 2 is 1.68 bits per heavy atom. The number of imidazole rings is 1. The van der Waals surface area contributed by atoms with Gasteiger partial charge in [0.05, 0.1) is 33.4 Å². The Morgan fingerprint density at radius 3 is 2.27 bits per heavy atom. The van der Waals surface area contributed by atoms with Gasteiger partial charge in [0, 0.05) is 19.3 Å². The highest BCUT2D eigenvalue weighted by molar-refractivity contribution is 7.93. The van der Waals surface area contributed by atoms with Crippen LogP contribution in [0, 0.1) is 0 Å². The standard InChI is InChI=1S/C23H27N7O6S/c1-14(21(31)16-12-29(2)13-24-16)37(32,33)28-23-27-26-22(15-8-6-11-19(25-15)36-5)30(23)20-17(34-3)9-7-10-18(20)35-4/h6-14,21,31H,1-5H3,(H,27,28). The van der Waals surface area contributed by atoms with Crippen LogP contribution in [-0.4, -0.2) is 69.4 Å². The summed E-state index contributed by atoms with van der Waals surface area (Å²) >= 11 is 0. The van der Waals surface area contributed by atoms with Crippen LogP contribution in [0.4, 0.5) is 5.95 Å². The molecule has 0 saturated heterocycles. The number of aryl methyl sites for hydroxylation is 1. The Kier molecular flexibility index (Phi) is 7.31. The van der Waals surface area contributed by atoms with Gasteiger partial charge in [-0.05, 0) is 25.1 Å². The van der Waals surface area contributed by atoms with E-state index < -0.39 is 21.4 Å². The van der Waals surface area contributed by atoms with Gasteiger partial charge in [-0.2, -0.15) is 0 Å². The molecular formula is C23H27N7O6S. The highest BCUT2D eigenvalue weighted by Crippen LogP contribution is 2.38. The monoisotopic (exact) mass is 529 g/mol. The Hall–Kier alpha value is -4.17. The van der Waals surface area contributed by atoms with Crippen LogP contribution < -0.4 is 18.9 Å². The average Bonchev–Trinajstić information content (AvgIpc) is 3.52. The summed E-state index contributed by atoms with van der Waals surface area (Å²) in [6.07, 6.45) is 1.63. The molecule has 0 spiro atoms. The van der Waals surface area contributed by atoms with Crippen molar-refractivity contribution in [2.24, 2.45) is 7.05 Å². The Bertz CT molecular complexity index is 1480. The van der Waals surface area contributed by atoms with Crippen LogP contribution in [0.2, 0.25) is 0 Å². The van der Waals surface area contributed by atoms with Crippen LogP contribution in [0.15, 0.2) is 48.9 Å². The summed E-state index contributed by atoms with van der Waals surface area (Å²) in [4.78, 5) is 8.48. The predicted octanol–water partition coefficient (Wildman–Crippen LogP) is 1.95. The molecule has 4 rings (SSSR count). The maximum Gasteiger partial charge on any atom is 0.243 e. The summed E-state index contributed by atoms with van der Waals surface area (Å²) < 4.78 is 48.6. The third-order valence-corrected chi connectivity index (χ3v) is 7.35. The zero-order valence-electron chi connectivity index (χ0n) is 20.9. The number of benzene rings is 1. The molecular weight excluding hydrogens is 502 g/mol. The number of aromatic nitrogens is 6. The van der Waals surface area contributed by atoms with E-state index in [1.807, 2.05) is 0 Å². The van der Waals surface area contributed by atoms with E-state index in [1.54, 1.807) is 54.2 Å². The number of pyridine rings is 1. The highest BCUT2D eigenvalue weighted by Gasteiger charge is 2.33. The number of hydrogen-bond acceptors (Lipinski definition) is 10. The molecule has 0 bridgehead atoms. The maximum absolute atomic E-state index is 13.4. The number of nitrogens with one attached hydrogen (secondary N) is 1. The summed E-state index contributed by atoms with van der Waals surface area (Å²) in [5.74, 6) is 1.09. The van der Waals surface area contributed by atoms with Gasteiger partial charge in [0.2, 0.25) is 21.9 Å². The van der Waals surface area contributed by atoms with E-state index >= 15 is 0 Å². The van der Waals surface area contributed by atoms with Gasteiger partial charge >= 0.3 is 0 Å². The first-order valence-corrected chi connectivity index (χ1v) is 12.6. The van der Waals surface area contributed by atoms with Gasteiger partial charge in [0.15, 0.2) is 5.82 Å². The summed E-state index contributed by atoms with van der Waals surface area (Å²) in [5, 5.41) is 17.7. The lowest BCUT2D eigenvalue weighted by Gasteiger charge is -2.20.